The Kier molecular flexibility index (Phi) is 5.58. The lowest BCUT2D eigenvalue weighted by Gasteiger charge is -2.21. The second-order valence-electron chi connectivity index (χ2n) is 12.3. The third kappa shape index (κ3) is 3.84. The number of allylic oxidation sites excluding steroid dienone is 1. The van der Waals surface area contributed by atoms with Crippen molar-refractivity contribution >= 4 is 108 Å². The fourth-order valence-corrected chi connectivity index (χ4v) is 9.10. The first-order valence-corrected chi connectivity index (χ1v) is 16.6. The first kappa shape index (κ1) is 26.4. The van der Waals surface area contributed by atoms with Crippen LogP contribution in [0.2, 0.25) is 0 Å². The Labute approximate surface area is 266 Å². The summed E-state index contributed by atoms with van der Waals surface area (Å²) in [6.45, 7) is 6.18. The minimum atomic E-state index is -0.347. The predicted octanol–water partition coefficient (Wildman–Crippen LogP) is 11.1. The number of nitrogens with one attached hydrogen (secondary N) is 1. The summed E-state index contributed by atoms with van der Waals surface area (Å²) >= 11 is 3.48. The molecule has 0 unspecified atom stereocenters. The highest BCUT2D eigenvalue weighted by Gasteiger charge is 2.25. The van der Waals surface area contributed by atoms with Gasteiger partial charge in [-0.2, -0.15) is 6.21 Å². The molecule has 1 N–H and O–H groups in total. The number of ether oxygens (including phenoxy) is 1. The van der Waals surface area contributed by atoms with Gasteiger partial charge in [0.15, 0.2) is 5.82 Å². The highest BCUT2D eigenvalue weighted by Crippen LogP contribution is 2.48. The van der Waals surface area contributed by atoms with Gasteiger partial charge >= 0.3 is 0 Å². The van der Waals surface area contributed by atoms with Crippen LogP contribution in [0.1, 0.15) is 26.6 Å². The number of hydrogen-bond donors (Lipinski definition) is 1. The number of rotatable bonds is 4. The van der Waals surface area contributed by atoms with E-state index < -0.39 is 0 Å². The van der Waals surface area contributed by atoms with Gasteiger partial charge in [0.2, 0.25) is 0 Å². The fraction of sp³-hybridized carbons (Fsp3) is 0.105. The van der Waals surface area contributed by atoms with Gasteiger partial charge in [0.05, 0.1) is 26.8 Å². The summed E-state index contributed by atoms with van der Waals surface area (Å²) in [5.74, 6) is 1.50. The second-order valence-corrected chi connectivity index (χ2v) is 14.4. The number of imidazole rings is 1. The van der Waals surface area contributed by atoms with Gasteiger partial charge < -0.3 is 19.7 Å². The fourth-order valence-electron chi connectivity index (χ4n) is 6.78. The molecular formula is C38H27N4OS2-. The molecule has 0 atom stereocenters. The maximum atomic E-state index is 10.3. The Morgan fingerprint density at radius 1 is 0.778 bits per heavy atom. The topological polar surface area (TPSA) is 65.1 Å². The number of nitrogens with zero attached hydrogens (tertiary/aromatic N) is 3. The first-order valence-electron chi connectivity index (χ1n) is 14.9. The molecule has 45 heavy (non-hydrogen) atoms. The maximum absolute atomic E-state index is 10.3. The summed E-state index contributed by atoms with van der Waals surface area (Å²) in [5, 5.41) is 18.7. The first-order chi connectivity index (χ1) is 21.9. The molecule has 9 aromatic rings. The van der Waals surface area contributed by atoms with Crippen LogP contribution >= 0.6 is 22.7 Å². The zero-order valence-electron chi connectivity index (χ0n) is 24.9. The SMILES string of the molecule is CC(C)(C)Oc1cccc2sc3[nH]c(/C(=C\C=[N-])n4c5ccccc5c5c6ccccc6c6c7ccccc7sc6c54)nc3c12. The van der Waals surface area contributed by atoms with Crippen molar-refractivity contribution in [1.29, 1.82) is 0 Å². The molecule has 218 valence electrons. The van der Waals surface area contributed by atoms with Gasteiger partial charge in [-0.25, -0.2) is 4.98 Å². The molecule has 0 radical (unpaired) electrons. The third-order valence-corrected chi connectivity index (χ3v) is 10.6. The number of fused-ring (bicyclic) bond motifs is 13. The number of aromatic amines is 1. The van der Waals surface area contributed by atoms with Crippen LogP contribution < -0.4 is 4.74 Å². The van der Waals surface area contributed by atoms with Crippen LogP contribution in [0, 0.1) is 0 Å². The van der Waals surface area contributed by atoms with E-state index in [0.717, 1.165) is 54.5 Å². The highest BCUT2D eigenvalue weighted by molar-refractivity contribution is 7.27. The van der Waals surface area contributed by atoms with Gasteiger partial charge in [0, 0.05) is 30.9 Å². The van der Waals surface area contributed by atoms with Crippen LogP contribution in [0.25, 0.3) is 84.3 Å². The number of H-pyrrole nitrogens is 1. The van der Waals surface area contributed by atoms with Crippen LogP contribution in [0.4, 0.5) is 0 Å². The van der Waals surface area contributed by atoms with E-state index in [2.05, 4.69) is 109 Å². The van der Waals surface area contributed by atoms with E-state index in [1.165, 1.54) is 36.3 Å². The molecule has 0 aliphatic heterocycles. The van der Waals surface area contributed by atoms with Gasteiger partial charge in [-0.1, -0.05) is 72.8 Å². The molecule has 0 saturated carbocycles. The van der Waals surface area contributed by atoms with Crippen LogP contribution in [0.15, 0.2) is 97.1 Å². The number of hydrogen-bond acceptors (Lipinski definition) is 4. The number of para-hydroxylation sites is 1. The van der Waals surface area contributed by atoms with E-state index in [0.29, 0.717) is 5.82 Å². The molecule has 0 bridgehead atoms. The lowest BCUT2D eigenvalue weighted by molar-refractivity contribution is 0.133. The quantitative estimate of drug-likeness (QED) is 0.199. The van der Waals surface area contributed by atoms with Gasteiger partial charge in [0.25, 0.3) is 0 Å². The molecule has 0 fully saturated rings. The molecule has 0 aliphatic carbocycles. The molecule has 0 spiro atoms. The predicted molar refractivity (Wildman–Crippen MR) is 194 cm³/mol. The van der Waals surface area contributed by atoms with Crippen molar-refractivity contribution in [3.8, 4) is 5.75 Å². The Balaban J connectivity index is 1.41. The van der Waals surface area contributed by atoms with E-state index in [9.17, 15) is 5.41 Å². The van der Waals surface area contributed by atoms with Gasteiger partial charge in [0.1, 0.15) is 21.7 Å². The Morgan fingerprint density at radius 3 is 2.24 bits per heavy atom. The standard InChI is InChI=1S/C38H27N4OS2/c1-38(2,3)43-27-16-10-18-29-32(27)33-37(45-29)41-36(40-33)26(19-20-39)42-25-15-8-6-13-23(25)30-21-11-4-5-12-22(21)31-24-14-7-9-17-28(24)44-35(31)34(30)42/h4-20H,1-3H3,(H,40,41)/q-1/b26-19+. The number of aromatic nitrogens is 3. The van der Waals surface area contributed by atoms with Crippen molar-refractivity contribution in [3.63, 3.8) is 0 Å². The Bertz CT molecular complexity index is 2690. The van der Waals surface area contributed by atoms with E-state index >= 15 is 0 Å². The van der Waals surface area contributed by atoms with Gasteiger partial charge in [-0.15, -0.1) is 22.7 Å². The molecule has 7 heteroatoms. The Morgan fingerprint density at radius 2 is 1.47 bits per heavy atom. The van der Waals surface area contributed by atoms with Crippen molar-refractivity contribution < 1.29 is 4.74 Å². The minimum absolute atomic E-state index is 0.347. The average molecular weight is 620 g/mol. The van der Waals surface area contributed by atoms with E-state index in [1.807, 2.05) is 23.5 Å². The average Bonchev–Trinajstić information content (AvgIpc) is 3.78. The molecule has 0 amide bonds. The van der Waals surface area contributed by atoms with Crippen LogP contribution in [-0.4, -0.2) is 26.4 Å². The van der Waals surface area contributed by atoms with Crippen molar-refractivity contribution in [3.05, 3.63) is 108 Å². The summed E-state index contributed by atoms with van der Waals surface area (Å²) in [6.07, 6.45) is 2.86. The smallest absolute Gasteiger partial charge is 0.156 e. The molecule has 5 nitrogen and oxygen atoms in total. The Hall–Kier alpha value is -4.98. The zero-order valence-corrected chi connectivity index (χ0v) is 26.5. The summed E-state index contributed by atoms with van der Waals surface area (Å²) in [6, 6.07) is 32.1. The lowest BCUT2D eigenvalue weighted by Crippen LogP contribution is -2.22. The monoisotopic (exact) mass is 619 g/mol. The van der Waals surface area contributed by atoms with Crippen LogP contribution in [0.5, 0.6) is 5.75 Å². The van der Waals surface area contributed by atoms with Crippen molar-refractivity contribution in [1.82, 2.24) is 14.5 Å². The van der Waals surface area contributed by atoms with E-state index in [4.69, 9.17) is 9.72 Å². The van der Waals surface area contributed by atoms with Crippen molar-refractivity contribution in [2.75, 3.05) is 0 Å². The maximum Gasteiger partial charge on any atom is 0.156 e. The molecule has 4 aromatic heterocycles. The van der Waals surface area contributed by atoms with Gasteiger partial charge in [-0.3, -0.25) is 0 Å². The normalized spacial score (nSPS) is 13.0. The third-order valence-electron chi connectivity index (χ3n) is 8.39. The highest BCUT2D eigenvalue weighted by atomic mass is 32.1. The molecule has 5 aromatic carbocycles. The van der Waals surface area contributed by atoms with E-state index in [-0.39, 0.29) is 5.60 Å². The summed E-state index contributed by atoms with van der Waals surface area (Å²) < 4.78 is 12.2. The molecule has 9 rings (SSSR count). The van der Waals surface area contributed by atoms with Crippen molar-refractivity contribution in [2.45, 2.75) is 26.4 Å². The molecule has 0 saturated heterocycles. The molecular weight excluding hydrogens is 593 g/mol. The van der Waals surface area contributed by atoms with Crippen LogP contribution in [0.3, 0.4) is 0 Å². The van der Waals surface area contributed by atoms with Gasteiger partial charge in [-0.05, 0) is 55.8 Å². The molecule has 0 aliphatic rings. The van der Waals surface area contributed by atoms with E-state index in [1.54, 1.807) is 17.4 Å². The minimum Gasteiger partial charge on any atom is -0.811 e. The van der Waals surface area contributed by atoms with Crippen molar-refractivity contribution in [2.24, 2.45) is 0 Å². The largest absolute Gasteiger partial charge is 0.811 e. The summed E-state index contributed by atoms with van der Waals surface area (Å²) in [4.78, 5) is 9.81. The summed E-state index contributed by atoms with van der Waals surface area (Å²) in [5.41, 5.74) is 3.45. The second kappa shape index (κ2) is 9.51. The molecule has 4 heterocycles. The summed E-state index contributed by atoms with van der Waals surface area (Å²) in [7, 11) is 0. The number of thiophene rings is 2. The number of benzene rings is 5. The lowest BCUT2D eigenvalue weighted by atomic mass is 9.99. The van der Waals surface area contributed by atoms with Crippen LogP contribution in [-0.2, 0) is 0 Å². The zero-order chi connectivity index (χ0) is 30.4.